The average molecular weight is 188 g/mol. The van der Waals surface area contributed by atoms with E-state index in [1.807, 2.05) is 31.2 Å². The molecule has 1 heterocycles. The molecule has 0 unspecified atom stereocenters. The first-order valence-corrected chi connectivity index (χ1v) is 4.50. The highest BCUT2D eigenvalue weighted by Gasteiger charge is 2.22. The van der Waals surface area contributed by atoms with Crippen LogP contribution in [0.2, 0.25) is 0 Å². The zero-order chi connectivity index (χ0) is 10.1. The van der Waals surface area contributed by atoms with Crippen LogP contribution in [0.3, 0.4) is 0 Å². The van der Waals surface area contributed by atoms with Crippen LogP contribution in [-0.2, 0) is 4.79 Å². The molecule has 1 aliphatic heterocycles. The van der Waals surface area contributed by atoms with Crippen LogP contribution in [0, 0.1) is 6.92 Å². The van der Waals surface area contributed by atoms with Gasteiger partial charge in [-0.3, -0.25) is 15.2 Å². The predicted molar refractivity (Wildman–Crippen MR) is 55.8 cm³/mol. The van der Waals surface area contributed by atoms with Crippen LogP contribution in [0.4, 0.5) is 5.69 Å². The van der Waals surface area contributed by atoms with Crippen molar-refractivity contribution in [2.75, 3.05) is 11.6 Å². The van der Waals surface area contributed by atoms with Gasteiger partial charge in [0, 0.05) is 5.57 Å². The van der Waals surface area contributed by atoms with E-state index in [-0.39, 0.29) is 5.91 Å². The molecule has 1 N–H and O–H groups in total. The first-order valence-electron chi connectivity index (χ1n) is 4.50. The second-order valence-corrected chi connectivity index (χ2v) is 3.47. The van der Waals surface area contributed by atoms with Gasteiger partial charge in [-0.15, -0.1) is 0 Å². The molecule has 1 amide bonds. The van der Waals surface area contributed by atoms with Gasteiger partial charge in [0.25, 0.3) is 5.91 Å². The van der Waals surface area contributed by atoms with E-state index in [1.165, 1.54) is 5.56 Å². The molecule has 14 heavy (non-hydrogen) atoms. The molecule has 0 aromatic heterocycles. The van der Waals surface area contributed by atoms with E-state index in [9.17, 15) is 4.79 Å². The number of rotatable bonds is 1. The summed E-state index contributed by atoms with van der Waals surface area (Å²) >= 11 is 0. The Kier molecular flexibility index (Phi) is 2.00. The molecule has 0 spiro atoms. The van der Waals surface area contributed by atoms with Crippen LogP contribution in [0.25, 0.3) is 0 Å². The second kappa shape index (κ2) is 3.18. The van der Waals surface area contributed by atoms with Gasteiger partial charge in [-0.2, -0.15) is 0 Å². The number of nitrogens with one attached hydrogen (secondary N) is 1. The Morgan fingerprint density at radius 1 is 1.36 bits per heavy atom. The van der Waals surface area contributed by atoms with Crippen molar-refractivity contribution in [1.82, 2.24) is 5.43 Å². The summed E-state index contributed by atoms with van der Waals surface area (Å²) in [7, 11) is 0. The van der Waals surface area contributed by atoms with Gasteiger partial charge in [-0.25, -0.2) is 0 Å². The largest absolute Gasteiger partial charge is 0.281 e. The molecule has 1 aliphatic rings. The summed E-state index contributed by atoms with van der Waals surface area (Å²) in [5.74, 6) is -0.0921. The molecule has 0 aliphatic carbocycles. The van der Waals surface area contributed by atoms with Gasteiger partial charge in [0.1, 0.15) is 0 Å². The minimum Gasteiger partial charge on any atom is -0.281 e. The maximum Gasteiger partial charge on any atom is 0.267 e. The van der Waals surface area contributed by atoms with Crippen molar-refractivity contribution < 1.29 is 4.79 Å². The Hall–Kier alpha value is -1.77. The van der Waals surface area contributed by atoms with Crippen molar-refractivity contribution in [1.29, 1.82) is 0 Å². The number of anilines is 1. The summed E-state index contributed by atoms with van der Waals surface area (Å²) in [6.45, 7) is 6.27. The van der Waals surface area contributed by atoms with Gasteiger partial charge in [-0.05, 0) is 19.1 Å². The van der Waals surface area contributed by atoms with Gasteiger partial charge < -0.3 is 0 Å². The fourth-order valence-electron chi connectivity index (χ4n) is 1.38. The smallest absolute Gasteiger partial charge is 0.267 e. The highest BCUT2D eigenvalue weighted by atomic mass is 16.2. The molecular formula is C11H12N2O. The highest BCUT2D eigenvalue weighted by molar-refractivity contribution is 5.97. The van der Waals surface area contributed by atoms with Crippen LogP contribution in [0.1, 0.15) is 5.56 Å². The molecule has 72 valence electrons. The first-order chi connectivity index (χ1) is 6.66. The minimum absolute atomic E-state index is 0.0921. The van der Waals surface area contributed by atoms with E-state index in [4.69, 9.17) is 0 Å². The average Bonchev–Trinajstić information content (AvgIpc) is 2.48. The quantitative estimate of drug-likeness (QED) is 0.676. The van der Waals surface area contributed by atoms with E-state index >= 15 is 0 Å². The highest BCUT2D eigenvalue weighted by Crippen LogP contribution is 2.17. The number of hydrazine groups is 1. The summed E-state index contributed by atoms with van der Waals surface area (Å²) in [5, 5.41) is 1.80. The van der Waals surface area contributed by atoms with Crippen molar-refractivity contribution >= 4 is 11.6 Å². The monoisotopic (exact) mass is 188 g/mol. The summed E-state index contributed by atoms with van der Waals surface area (Å²) < 4.78 is 0. The fraction of sp³-hybridized carbons (Fsp3) is 0.182. The third-order valence-electron chi connectivity index (χ3n) is 2.25. The summed E-state index contributed by atoms with van der Waals surface area (Å²) in [4.78, 5) is 11.2. The number of hydrogen-bond donors (Lipinski definition) is 1. The molecule has 0 atom stereocenters. The standard InChI is InChI=1S/C11H12N2O/c1-8-3-5-10(6-4-8)13-7-9(2)11(14)12-13/h3-6H,2,7H2,1H3,(H,12,14). The Bertz CT molecular complexity index is 365. The topological polar surface area (TPSA) is 32.3 Å². The molecule has 3 nitrogen and oxygen atoms in total. The molecule has 2 rings (SSSR count). The second-order valence-electron chi connectivity index (χ2n) is 3.47. The van der Waals surface area contributed by atoms with Crippen molar-refractivity contribution in [3.63, 3.8) is 0 Å². The minimum atomic E-state index is -0.0921. The SMILES string of the molecule is C=C1CN(c2ccc(C)cc2)NC1=O. The molecule has 0 bridgehead atoms. The molecule has 0 radical (unpaired) electrons. The van der Waals surface area contributed by atoms with E-state index < -0.39 is 0 Å². The molecule has 3 heteroatoms. The Labute approximate surface area is 83.0 Å². The van der Waals surface area contributed by atoms with Crippen molar-refractivity contribution in [3.05, 3.63) is 42.0 Å². The predicted octanol–water partition coefficient (Wildman–Crippen LogP) is 1.40. The van der Waals surface area contributed by atoms with Gasteiger partial charge in [0.05, 0.1) is 12.2 Å². The lowest BCUT2D eigenvalue weighted by Crippen LogP contribution is -2.32. The van der Waals surface area contributed by atoms with Gasteiger partial charge in [0.2, 0.25) is 0 Å². The Balaban J connectivity index is 2.21. The number of carbonyl (C=O) groups excluding carboxylic acids is 1. The van der Waals surface area contributed by atoms with Crippen molar-refractivity contribution in [3.8, 4) is 0 Å². The first kappa shape index (κ1) is 8.81. The molecule has 1 saturated heterocycles. The third kappa shape index (κ3) is 1.48. The molecule has 1 aromatic rings. The Morgan fingerprint density at radius 3 is 2.50 bits per heavy atom. The summed E-state index contributed by atoms with van der Waals surface area (Å²) in [6.07, 6.45) is 0. The number of hydrogen-bond acceptors (Lipinski definition) is 2. The van der Waals surface area contributed by atoms with Crippen molar-refractivity contribution in [2.24, 2.45) is 0 Å². The van der Waals surface area contributed by atoms with Crippen LogP contribution in [0.15, 0.2) is 36.4 Å². The zero-order valence-electron chi connectivity index (χ0n) is 8.08. The number of aryl methyl sites for hydroxylation is 1. The number of carbonyl (C=O) groups is 1. The Morgan fingerprint density at radius 2 is 2.00 bits per heavy atom. The lowest BCUT2D eigenvalue weighted by molar-refractivity contribution is -0.116. The normalized spacial score (nSPS) is 15.9. The van der Waals surface area contributed by atoms with E-state index in [1.54, 1.807) is 5.01 Å². The van der Waals surface area contributed by atoms with Gasteiger partial charge in [0.15, 0.2) is 0 Å². The number of benzene rings is 1. The van der Waals surface area contributed by atoms with Crippen LogP contribution in [0.5, 0.6) is 0 Å². The molecule has 1 aromatic carbocycles. The van der Waals surface area contributed by atoms with Gasteiger partial charge in [-0.1, -0.05) is 24.3 Å². The lowest BCUT2D eigenvalue weighted by atomic mass is 10.2. The molecule has 0 saturated carbocycles. The summed E-state index contributed by atoms with van der Waals surface area (Å²) in [6, 6.07) is 7.99. The zero-order valence-corrected chi connectivity index (χ0v) is 8.08. The molecular weight excluding hydrogens is 176 g/mol. The molecule has 1 fully saturated rings. The van der Waals surface area contributed by atoms with Gasteiger partial charge >= 0.3 is 0 Å². The van der Waals surface area contributed by atoms with E-state index in [2.05, 4.69) is 12.0 Å². The van der Waals surface area contributed by atoms with Crippen molar-refractivity contribution in [2.45, 2.75) is 6.92 Å². The van der Waals surface area contributed by atoms with Crippen LogP contribution < -0.4 is 10.4 Å². The number of amides is 1. The van der Waals surface area contributed by atoms with E-state index in [0.717, 1.165) is 5.69 Å². The summed E-state index contributed by atoms with van der Waals surface area (Å²) in [5.41, 5.74) is 5.53. The lowest BCUT2D eigenvalue weighted by Gasteiger charge is -2.16. The van der Waals surface area contributed by atoms with Crippen LogP contribution in [-0.4, -0.2) is 12.5 Å². The number of nitrogens with zero attached hydrogens (tertiary/aromatic N) is 1. The van der Waals surface area contributed by atoms with E-state index in [0.29, 0.717) is 12.1 Å². The maximum atomic E-state index is 11.2. The fourth-order valence-corrected chi connectivity index (χ4v) is 1.38. The third-order valence-corrected chi connectivity index (χ3v) is 2.25. The maximum absolute atomic E-state index is 11.2. The van der Waals surface area contributed by atoms with Crippen LogP contribution >= 0.6 is 0 Å².